The highest BCUT2D eigenvalue weighted by atomic mass is 35.5. The molecule has 0 aliphatic carbocycles. The van der Waals surface area contributed by atoms with Gasteiger partial charge in [-0.15, -0.1) is 0 Å². The number of carbonyl (C=O) groups is 1. The molecule has 4 nitrogen and oxygen atoms in total. The Morgan fingerprint density at radius 1 is 1.09 bits per heavy atom. The molecule has 1 atom stereocenters. The fourth-order valence-electron chi connectivity index (χ4n) is 2.57. The molecule has 23 heavy (non-hydrogen) atoms. The van der Waals surface area contributed by atoms with Crippen molar-refractivity contribution in [1.29, 1.82) is 0 Å². The lowest BCUT2D eigenvalue weighted by atomic mass is 10.1. The maximum Gasteiger partial charge on any atom is 0.309 e. The molecular formula is C18H33ClN2O2. The van der Waals surface area contributed by atoms with Crippen molar-refractivity contribution >= 4 is 5.97 Å². The summed E-state index contributed by atoms with van der Waals surface area (Å²) in [6.07, 6.45) is 17.4. The highest BCUT2D eigenvalue weighted by molar-refractivity contribution is 5.69. The minimum absolute atomic E-state index is 0. The van der Waals surface area contributed by atoms with Crippen molar-refractivity contribution in [2.45, 2.75) is 84.3 Å². The molecule has 1 aromatic heterocycles. The molecule has 0 saturated carbocycles. The highest BCUT2D eigenvalue weighted by Gasteiger charge is 2.14. The van der Waals surface area contributed by atoms with Gasteiger partial charge in [-0.05, 0) is 6.42 Å². The normalized spacial score (nSPS) is 11.8. The molecule has 0 bridgehead atoms. The van der Waals surface area contributed by atoms with Gasteiger partial charge in [0, 0.05) is 13.3 Å². The van der Waals surface area contributed by atoms with Crippen LogP contribution < -0.4 is 17.0 Å². The molecule has 134 valence electrons. The van der Waals surface area contributed by atoms with Crippen LogP contribution in [0.4, 0.5) is 0 Å². The number of esters is 1. The van der Waals surface area contributed by atoms with E-state index in [0.29, 0.717) is 6.42 Å². The second-order valence-corrected chi connectivity index (χ2v) is 6.19. The van der Waals surface area contributed by atoms with Crippen LogP contribution in [0.5, 0.6) is 0 Å². The number of imidazole rings is 1. The smallest absolute Gasteiger partial charge is 0.309 e. The zero-order chi connectivity index (χ0) is 16.2. The first-order valence-electron chi connectivity index (χ1n) is 8.85. The molecule has 0 spiro atoms. The zero-order valence-corrected chi connectivity index (χ0v) is 15.7. The van der Waals surface area contributed by atoms with Crippen molar-refractivity contribution in [1.82, 2.24) is 4.57 Å². The van der Waals surface area contributed by atoms with Crippen molar-refractivity contribution in [2.24, 2.45) is 7.05 Å². The van der Waals surface area contributed by atoms with E-state index in [2.05, 4.69) is 6.92 Å². The number of rotatable bonds is 12. The van der Waals surface area contributed by atoms with E-state index in [1.165, 1.54) is 44.9 Å². The predicted molar refractivity (Wildman–Crippen MR) is 88.3 cm³/mol. The molecule has 0 aliphatic heterocycles. The van der Waals surface area contributed by atoms with Crippen LogP contribution in [0.3, 0.4) is 0 Å². The van der Waals surface area contributed by atoms with Gasteiger partial charge in [-0.25, -0.2) is 4.57 Å². The molecular weight excluding hydrogens is 312 g/mol. The first kappa shape index (κ1) is 22.0. The number of aromatic nitrogens is 2. The fraction of sp³-hybridized carbons (Fsp3) is 0.778. The lowest BCUT2D eigenvalue weighted by Gasteiger charge is -2.09. The molecule has 0 fully saturated rings. The van der Waals surface area contributed by atoms with Gasteiger partial charge < -0.3 is 17.1 Å². The monoisotopic (exact) mass is 344 g/mol. The second-order valence-electron chi connectivity index (χ2n) is 6.19. The third-order valence-electron chi connectivity index (χ3n) is 4.00. The van der Waals surface area contributed by atoms with Crippen molar-refractivity contribution in [3.05, 3.63) is 18.7 Å². The standard InChI is InChI=1S/C18H33N2O2.ClH/c1-4-5-6-7-8-9-10-11-12-13-18(21)22-17(2)20-15-14-19(3)16-20;/h14-17H,4-13H2,1-3H3;1H/q+1;/p-1. The van der Waals surface area contributed by atoms with Crippen LogP contribution in [-0.2, 0) is 16.6 Å². The summed E-state index contributed by atoms with van der Waals surface area (Å²) < 4.78 is 9.26. The first-order chi connectivity index (χ1) is 10.6. The summed E-state index contributed by atoms with van der Waals surface area (Å²) in [5, 5.41) is 0. The van der Waals surface area contributed by atoms with E-state index in [1.54, 1.807) is 0 Å². The van der Waals surface area contributed by atoms with Gasteiger partial charge in [0.05, 0.1) is 7.05 Å². The summed E-state index contributed by atoms with van der Waals surface area (Å²) in [7, 11) is 1.95. The van der Waals surface area contributed by atoms with Gasteiger partial charge in [0.15, 0.2) is 0 Å². The van der Waals surface area contributed by atoms with Gasteiger partial charge in [0.25, 0.3) is 0 Å². The van der Waals surface area contributed by atoms with Gasteiger partial charge in [-0.2, -0.15) is 4.57 Å². The number of hydrogen-bond donors (Lipinski definition) is 0. The molecule has 0 N–H and O–H groups in total. The van der Waals surface area contributed by atoms with E-state index in [9.17, 15) is 4.79 Å². The summed E-state index contributed by atoms with van der Waals surface area (Å²) in [5.74, 6) is -0.0909. The largest absolute Gasteiger partial charge is 1.00 e. The molecule has 0 aromatic carbocycles. The summed E-state index contributed by atoms with van der Waals surface area (Å²) in [6.45, 7) is 4.14. The Morgan fingerprint density at radius 2 is 1.65 bits per heavy atom. The van der Waals surface area contributed by atoms with Crippen molar-refractivity contribution < 1.29 is 26.5 Å². The lowest BCUT2D eigenvalue weighted by molar-refractivity contribution is -0.752. The van der Waals surface area contributed by atoms with E-state index in [1.807, 2.05) is 41.8 Å². The van der Waals surface area contributed by atoms with Crippen LogP contribution >= 0.6 is 0 Å². The SMILES string of the molecule is CCCCCCCCCCCC(=O)OC(C)[n+]1ccn(C)c1.[Cl-]. The number of hydrogen-bond acceptors (Lipinski definition) is 2. The third kappa shape index (κ3) is 10.4. The lowest BCUT2D eigenvalue weighted by Crippen LogP contribution is -3.00. The topological polar surface area (TPSA) is 35.1 Å². The molecule has 0 amide bonds. The Kier molecular flexibility index (Phi) is 12.8. The maximum atomic E-state index is 11.8. The van der Waals surface area contributed by atoms with Crippen LogP contribution in [0.25, 0.3) is 0 Å². The summed E-state index contributed by atoms with van der Waals surface area (Å²) in [5.41, 5.74) is 0. The molecule has 0 radical (unpaired) electrons. The third-order valence-corrected chi connectivity index (χ3v) is 4.00. The van der Waals surface area contributed by atoms with Gasteiger partial charge in [-0.3, -0.25) is 4.79 Å². The number of aryl methyl sites for hydroxylation is 1. The van der Waals surface area contributed by atoms with Gasteiger partial charge in [0.1, 0.15) is 12.4 Å². The highest BCUT2D eigenvalue weighted by Crippen LogP contribution is 2.11. The zero-order valence-electron chi connectivity index (χ0n) is 15.0. The molecule has 0 aliphatic rings. The summed E-state index contributed by atoms with van der Waals surface area (Å²) in [6, 6.07) is 0. The Balaban J connectivity index is 0.00000484. The van der Waals surface area contributed by atoms with Crippen LogP contribution in [0, 0.1) is 0 Å². The van der Waals surface area contributed by atoms with E-state index in [4.69, 9.17) is 4.74 Å². The molecule has 1 rings (SSSR count). The minimum atomic E-state index is -0.229. The number of halogens is 1. The molecule has 0 saturated heterocycles. The van der Waals surface area contributed by atoms with Gasteiger partial charge in [0.2, 0.25) is 12.6 Å². The molecule has 1 unspecified atom stereocenters. The number of ether oxygens (including phenoxy) is 1. The number of carbonyl (C=O) groups excluding carboxylic acids is 1. The molecule has 5 heteroatoms. The average molecular weight is 345 g/mol. The quantitative estimate of drug-likeness (QED) is 0.325. The van der Waals surface area contributed by atoms with E-state index >= 15 is 0 Å². The average Bonchev–Trinajstić information content (AvgIpc) is 2.92. The van der Waals surface area contributed by atoms with Crippen LogP contribution in [0.2, 0.25) is 0 Å². The van der Waals surface area contributed by atoms with Crippen LogP contribution in [0.15, 0.2) is 18.7 Å². The van der Waals surface area contributed by atoms with Gasteiger partial charge in [-0.1, -0.05) is 58.3 Å². The van der Waals surface area contributed by atoms with Crippen molar-refractivity contribution in [3.8, 4) is 0 Å². The Labute approximate surface area is 147 Å². The molecule has 1 aromatic rings. The second kappa shape index (κ2) is 13.4. The Hall–Kier alpha value is -1.03. The summed E-state index contributed by atoms with van der Waals surface area (Å²) >= 11 is 0. The van der Waals surface area contributed by atoms with Crippen LogP contribution in [0.1, 0.15) is 84.3 Å². The van der Waals surface area contributed by atoms with E-state index < -0.39 is 0 Å². The molecule has 1 heterocycles. The number of nitrogens with zero attached hydrogens (tertiary/aromatic N) is 2. The first-order valence-corrected chi connectivity index (χ1v) is 8.85. The summed E-state index contributed by atoms with van der Waals surface area (Å²) in [4.78, 5) is 11.8. The Bertz CT molecular complexity index is 421. The van der Waals surface area contributed by atoms with Crippen LogP contribution in [-0.4, -0.2) is 10.5 Å². The minimum Gasteiger partial charge on any atom is -1.00 e. The van der Waals surface area contributed by atoms with Crippen molar-refractivity contribution in [2.75, 3.05) is 0 Å². The number of unbranched alkanes of at least 4 members (excludes halogenated alkanes) is 8. The predicted octanol–water partition coefficient (Wildman–Crippen LogP) is 1.30. The van der Waals surface area contributed by atoms with Gasteiger partial charge >= 0.3 is 5.97 Å². The van der Waals surface area contributed by atoms with E-state index in [0.717, 1.165) is 12.8 Å². The maximum absolute atomic E-state index is 11.8. The fourth-order valence-corrected chi connectivity index (χ4v) is 2.57. The Morgan fingerprint density at radius 3 is 2.17 bits per heavy atom. The van der Waals surface area contributed by atoms with Crippen molar-refractivity contribution in [3.63, 3.8) is 0 Å². The van der Waals surface area contributed by atoms with E-state index in [-0.39, 0.29) is 24.6 Å².